The van der Waals surface area contributed by atoms with Crippen molar-refractivity contribution in [2.75, 3.05) is 0 Å². The molecule has 0 fully saturated rings. The first-order valence-corrected chi connectivity index (χ1v) is 5.02. The first-order chi connectivity index (χ1) is 6.83. The van der Waals surface area contributed by atoms with Gasteiger partial charge in [0.25, 0.3) is 0 Å². The van der Waals surface area contributed by atoms with E-state index in [4.69, 9.17) is 5.73 Å². The number of hydrogen-bond donors (Lipinski definition) is 1. The van der Waals surface area contributed by atoms with Crippen molar-refractivity contribution in [3.8, 4) is 11.8 Å². The third kappa shape index (κ3) is 4.11. The van der Waals surface area contributed by atoms with Crippen LogP contribution in [-0.2, 0) is 6.42 Å². The van der Waals surface area contributed by atoms with Gasteiger partial charge in [-0.15, -0.1) is 11.8 Å². The third-order valence-electron chi connectivity index (χ3n) is 2.16. The molecule has 0 heterocycles. The normalized spacial score (nSPS) is 11.6. The summed E-state index contributed by atoms with van der Waals surface area (Å²) in [5.74, 6) is 5.92. The second-order valence-electron chi connectivity index (χ2n) is 3.42. The maximum atomic E-state index is 5.98. The summed E-state index contributed by atoms with van der Waals surface area (Å²) in [7, 11) is 0. The van der Waals surface area contributed by atoms with Gasteiger partial charge in [-0.3, -0.25) is 0 Å². The minimum atomic E-state index is 0.234. The molecule has 0 saturated carbocycles. The van der Waals surface area contributed by atoms with Crippen molar-refractivity contribution >= 4 is 0 Å². The number of hydrogen-bond acceptors (Lipinski definition) is 1. The largest absolute Gasteiger partial charge is 0.327 e. The van der Waals surface area contributed by atoms with E-state index in [9.17, 15) is 0 Å². The Morgan fingerprint density at radius 2 is 2.00 bits per heavy atom. The molecule has 0 aliphatic heterocycles. The van der Waals surface area contributed by atoms with Gasteiger partial charge in [0.15, 0.2) is 0 Å². The van der Waals surface area contributed by atoms with E-state index in [2.05, 4.69) is 24.0 Å². The Labute approximate surface area is 86.3 Å². The highest BCUT2D eigenvalue weighted by atomic mass is 14.6. The molecule has 1 atom stereocenters. The molecular weight excluding hydrogens is 170 g/mol. The quantitative estimate of drug-likeness (QED) is 0.719. The van der Waals surface area contributed by atoms with Crippen LogP contribution in [0.3, 0.4) is 0 Å². The van der Waals surface area contributed by atoms with Crippen LogP contribution < -0.4 is 5.73 Å². The van der Waals surface area contributed by atoms with E-state index < -0.39 is 0 Å². The molecule has 0 aliphatic rings. The maximum absolute atomic E-state index is 5.98. The van der Waals surface area contributed by atoms with Gasteiger partial charge in [0.2, 0.25) is 0 Å². The lowest BCUT2D eigenvalue weighted by Gasteiger charge is -2.09. The Kier molecular flexibility index (Phi) is 4.82. The summed E-state index contributed by atoms with van der Waals surface area (Å²) in [5.41, 5.74) is 7.29. The molecule has 1 aromatic rings. The smallest absolute Gasteiger partial charge is 0.0103 e. The van der Waals surface area contributed by atoms with Gasteiger partial charge in [0.05, 0.1) is 0 Å². The summed E-state index contributed by atoms with van der Waals surface area (Å²) in [4.78, 5) is 0. The molecule has 0 aromatic heterocycles. The van der Waals surface area contributed by atoms with Crippen LogP contribution in [0.2, 0.25) is 0 Å². The van der Waals surface area contributed by atoms with Gasteiger partial charge >= 0.3 is 0 Å². The number of rotatable bonds is 4. The van der Waals surface area contributed by atoms with Gasteiger partial charge < -0.3 is 5.73 Å². The van der Waals surface area contributed by atoms with E-state index in [1.165, 1.54) is 5.56 Å². The Morgan fingerprint density at radius 3 is 2.64 bits per heavy atom. The molecule has 1 rings (SSSR count). The van der Waals surface area contributed by atoms with Crippen molar-refractivity contribution in [2.24, 2.45) is 5.73 Å². The minimum Gasteiger partial charge on any atom is -0.327 e. The van der Waals surface area contributed by atoms with Crippen molar-refractivity contribution in [3.05, 3.63) is 35.9 Å². The van der Waals surface area contributed by atoms with Gasteiger partial charge in [-0.05, 0) is 25.3 Å². The summed E-state index contributed by atoms with van der Waals surface area (Å²) < 4.78 is 0. The zero-order valence-electron chi connectivity index (χ0n) is 8.66. The van der Waals surface area contributed by atoms with E-state index in [0.717, 1.165) is 19.3 Å². The molecule has 74 valence electrons. The molecule has 0 spiro atoms. The van der Waals surface area contributed by atoms with Crippen LogP contribution in [0.1, 0.15) is 25.3 Å². The number of benzene rings is 1. The fraction of sp³-hybridized carbons (Fsp3) is 0.385. The monoisotopic (exact) mass is 187 g/mol. The molecule has 0 radical (unpaired) electrons. The van der Waals surface area contributed by atoms with Gasteiger partial charge in [-0.2, -0.15) is 0 Å². The molecule has 14 heavy (non-hydrogen) atoms. The van der Waals surface area contributed by atoms with Crippen LogP contribution in [0, 0.1) is 11.8 Å². The molecule has 2 N–H and O–H groups in total. The van der Waals surface area contributed by atoms with Crippen molar-refractivity contribution in [2.45, 2.75) is 32.2 Å². The summed E-state index contributed by atoms with van der Waals surface area (Å²) in [6, 6.07) is 10.6. The highest BCUT2D eigenvalue weighted by Gasteiger charge is 2.01. The molecule has 1 aromatic carbocycles. The molecule has 0 saturated heterocycles. The zero-order chi connectivity index (χ0) is 10.2. The molecule has 1 unspecified atom stereocenters. The van der Waals surface area contributed by atoms with E-state index in [1.54, 1.807) is 0 Å². The average molecular weight is 187 g/mol. The van der Waals surface area contributed by atoms with Crippen LogP contribution in [0.4, 0.5) is 0 Å². The Balaban J connectivity index is 2.33. The molecule has 1 nitrogen and oxygen atoms in total. The van der Waals surface area contributed by atoms with Crippen molar-refractivity contribution in [1.29, 1.82) is 0 Å². The average Bonchev–Trinajstić information content (AvgIpc) is 2.20. The number of nitrogens with two attached hydrogens (primary N) is 1. The predicted molar refractivity (Wildman–Crippen MR) is 60.8 cm³/mol. The highest BCUT2D eigenvalue weighted by Crippen LogP contribution is 2.05. The SMILES string of the molecule is CC#CCCC(N)Cc1ccccc1. The van der Waals surface area contributed by atoms with Crippen molar-refractivity contribution in [3.63, 3.8) is 0 Å². The van der Waals surface area contributed by atoms with Gasteiger partial charge in [-0.1, -0.05) is 30.3 Å². The lowest BCUT2D eigenvalue weighted by molar-refractivity contribution is 0.623. The summed E-state index contributed by atoms with van der Waals surface area (Å²) >= 11 is 0. The Morgan fingerprint density at radius 1 is 1.29 bits per heavy atom. The third-order valence-corrected chi connectivity index (χ3v) is 2.16. The lowest BCUT2D eigenvalue weighted by atomic mass is 10.0. The summed E-state index contributed by atoms with van der Waals surface area (Å²) in [6.07, 6.45) is 2.84. The van der Waals surface area contributed by atoms with Gasteiger partial charge in [0, 0.05) is 12.5 Å². The van der Waals surface area contributed by atoms with Crippen LogP contribution in [0.15, 0.2) is 30.3 Å². The van der Waals surface area contributed by atoms with E-state index in [0.29, 0.717) is 0 Å². The second kappa shape index (κ2) is 6.23. The minimum absolute atomic E-state index is 0.234. The van der Waals surface area contributed by atoms with Gasteiger partial charge in [0.1, 0.15) is 0 Å². The second-order valence-corrected chi connectivity index (χ2v) is 3.42. The lowest BCUT2D eigenvalue weighted by Crippen LogP contribution is -2.22. The Hall–Kier alpha value is -1.26. The topological polar surface area (TPSA) is 26.0 Å². The van der Waals surface area contributed by atoms with Crippen molar-refractivity contribution in [1.82, 2.24) is 0 Å². The van der Waals surface area contributed by atoms with Crippen LogP contribution in [-0.4, -0.2) is 6.04 Å². The van der Waals surface area contributed by atoms with Crippen LogP contribution in [0.5, 0.6) is 0 Å². The fourth-order valence-electron chi connectivity index (χ4n) is 1.40. The van der Waals surface area contributed by atoms with E-state index in [-0.39, 0.29) is 6.04 Å². The molecule has 0 bridgehead atoms. The van der Waals surface area contributed by atoms with Crippen molar-refractivity contribution < 1.29 is 0 Å². The summed E-state index contributed by atoms with van der Waals surface area (Å²) in [6.45, 7) is 1.86. The highest BCUT2D eigenvalue weighted by molar-refractivity contribution is 5.15. The molecule has 0 aliphatic carbocycles. The first kappa shape index (κ1) is 10.8. The maximum Gasteiger partial charge on any atom is 0.0103 e. The van der Waals surface area contributed by atoms with Gasteiger partial charge in [-0.25, -0.2) is 0 Å². The summed E-state index contributed by atoms with van der Waals surface area (Å²) in [5, 5.41) is 0. The van der Waals surface area contributed by atoms with Crippen LogP contribution >= 0.6 is 0 Å². The molecular formula is C13H17N. The zero-order valence-corrected chi connectivity index (χ0v) is 8.66. The molecule has 1 heteroatoms. The van der Waals surface area contributed by atoms with Crippen LogP contribution in [0.25, 0.3) is 0 Å². The standard InChI is InChI=1S/C13H17N/c1-2-3-5-10-13(14)11-12-8-6-4-7-9-12/h4,6-9,13H,5,10-11,14H2,1H3. The fourth-order valence-corrected chi connectivity index (χ4v) is 1.40. The Bertz CT molecular complexity index is 305. The van der Waals surface area contributed by atoms with E-state index >= 15 is 0 Å². The predicted octanol–water partition coefficient (Wildman–Crippen LogP) is 2.36. The van der Waals surface area contributed by atoms with E-state index in [1.807, 2.05) is 25.1 Å². The first-order valence-electron chi connectivity index (χ1n) is 5.02. The molecule has 0 amide bonds.